The Labute approximate surface area is 372 Å². The van der Waals surface area contributed by atoms with Gasteiger partial charge in [0.25, 0.3) is 0 Å². The summed E-state index contributed by atoms with van der Waals surface area (Å²) in [6, 6.07) is 76.8. The molecular formula is C61H50N2. The van der Waals surface area contributed by atoms with Crippen molar-refractivity contribution in [2.75, 3.05) is 9.80 Å². The van der Waals surface area contributed by atoms with E-state index < -0.39 is 0 Å². The summed E-state index contributed by atoms with van der Waals surface area (Å²) in [7, 11) is 0. The molecule has 0 saturated carbocycles. The molecule has 2 aliphatic carbocycles. The van der Waals surface area contributed by atoms with Gasteiger partial charge < -0.3 is 9.80 Å². The van der Waals surface area contributed by atoms with Gasteiger partial charge in [-0.2, -0.15) is 0 Å². The highest BCUT2D eigenvalue weighted by atomic mass is 15.1. The van der Waals surface area contributed by atoms with Gasteiger partial charge in [0.1, 0.15) is 0 Å². The van der Waals surface area contributed by atoms with Gasteiger partial charge in [0, 0.05) is 40.1 Å². The lowest BCUT2D eigenvalue weighted by atomic mass is 9.91. The first kappa shape index (κ1) is 39.5. The number of hydrogen-bond acceptors (Lipinski definition) is 2. The highest BCUT2D eigenvalue weighted by Gasteiger charge is 2.20. The maximum absolute atomic E-state index is 2.39. The second-order valence-corrected chi connectivity index (χ2v) is 16.6. The van der Waals surface area contributed by atoms with Crippen molar-refractivity contribution < 1.29 is 0 Å². The lowest BCUT2D eigenvalue weighted by molar-refractivity contribution is 0.740. The molecule has 2 unspecified atom stereocenters. The van der Waals surface area contributed by atoms with Gasteiger partial charge in [0.15, 0.2) is 0 Å². The molecule has 8 aromatic carbocycles. The molecule has 8 aromatic rings. The summed E-state index contributed by atoms with van der Waals surface area (Å²) in [5.41, 5.74) is 17.8. The lowest BCUT2D eigenvalue weighted by Crippen LogP contribution is -2.17. The van der Waals surface area contributed by atoms with E-state index in [-0.39, 0.29) is 0 Å². The van der Waals surface area contributed by atoms with Gasteiger partial charge in [-0.15, -0.1) is 0 Å². The SMILES string of the molecule is CC1C=C(c2ccc(N(C3=CCC(c4ccccc4)C=C3)c3ccc(-c4ccc(N(c5ccc(-c6ccccc6)cc5)c5ccc(-c6ccccc6)cc5)cc4)cc3)cc2)C=CC1. The normalized spacial score (nSPS) is 15.6. The third kappa shape index (κ3) is 8.76. The molecule has 0 saturated heterocycles. The van der Waals surface area contributed by atoms with Crippen molar-refractivity contribution in [3.05, 3.63) is 266 Å². The van der Waals surface area contributed by atoms with Crippen molar-refractivity contribution >= 4 is 34.0 Å². The van der Waals surface area contributed by atoms with Crippen LogP contribution in [0.4, 0.5) is 28.4 Å². The number of benzene rings is 8. The molecule has 0 aliphatic heterocycles. The molecule has 0 spiro atoms. The molecule has 0 aromatic heterocycles. The Hall–Kier alpha value is -7.68. The summed E-state index contributed by atoms with van der Waals surface area (Å²) >= 11 is 0. The van der Waals surface area contributed by atoms with Gasteiger partial charge >= 0.3 is 0 Å². The standard InChI is InChI=1S/C61H50N2/c1-45-12-11-19-55(44-45)54-30-42-61(43-31-54)63(58-36-24-51(25-37-58)48-17-9-4-10-18-48)60-40-28-53(29-41-60)52-26-38-59(39-27-52)62(56-32-20-49(21-33-56)46-13-5-2-6-14-46)57-34-22-50(23-35-57)47-15-7-3-8-16-47/h2-11,13-24,26-45,51H,12,25H2,1H3. The fraction of sp³-hybridized carbons (Fsp3) is 0.0820. The Kier molecular flexibility index (Phi) is 11.3. The predicted octanol–water partition coefficient (Wildman–Crippen LogP) is 16.9. The quantitative estimate of drug-likeness (QED) is 0.128. The van der Waals surface area contributed by atoms with Crippen LogP contribution < -0.4 is 9.80 Å². The summed E-state index contributed by atoms with van der Waals surface area (Å²) in [5.74, 6) is 0.926. The van der Waals surface area contributed by atoms with Crippen LogP contribution in [0.3, 0.4) is 0 Å². The third-order valence-electron chi connectivity index (χ3n) is 12.3. The van der Waals surface area contributed by atoms with Crippen LogP contribution in [0.2, 0.25) is 0 Å². The lowest BCUT2D eigenvalue weighted by Gasteiger charge is -2.29. The summed E-state index contributed by atoms with van der Waals surface area (Å²) in [4.78, 5) is 4.74. The second-order valence-electron chi connectivity index (χ2n) is 16.6. The van der Waals surface area contributed by atoms with E-state index in [1.165, 1.54) is 55.8 Å². The first-order valence-corrected chi connectivity index (χ1v) is 22.2. The molecular weight excluding hydrogens is 761 g/mol. The van der Waals surface area contributed by atoms with Crippen LogP contribution in [0.5, 0.6) is 0 Å². The molecule has 0 fully saturated rings. The topological polar surface area (TPSA) is 6.48 Å². The average molecular weight is 811 g/mol. The molecule has 10 rings (SSSR count). The summed E-state index contributed by atoms with van der Waals surface area (Å²) in [6.07, 6.45) is 16.0. The highest BCUT2D eigenvalue weighted by Crippen LogP contribution is 2.40. The fourth-order valence-corrected chi connectivity index (χ4v) is 8.92. The zero-order valence-corrected chi connectivity index (χ0v) is 35.6. The van der Waals surface area contributed by atoms with Crippen LogP contribution in [0.1, 0.15) is 36.8 Å². The molecule has 2 aliphatic rings. The minimum atomic E-state index is 0.370. The number of anilines is 5. The predicted molar refractivity (Wildman–Crippen MR) is 268 cm³/mol. The second kappa shape index (κ2) is 18.1. The van der Waals surface area contributed by atoms with Crippen LogP contribution >= 0.6 is 0 Å². The Morgan fingerprint density at radius 2 is 0.746 bits per heavy atom. The molecule has 0 amide bonds. The van der Waals surface area contributed by atoms with Crippen molar-refractivity contribution in [1.82, 2.24) is 0 Å². The fourth-order valence-electron chi connectivity index (χ4n) is 8.92. The largest absolute Gasteiger partial charge is 0.311 e. The Balaban J connectivity index is 0.946. The van der Waals surface area contributed by atoms with Crippen LogP contribution in [0, 0.1) is 5.92 Å². The van der Waals surface area contributed by atoms with Crippen molar-refractivity contribution in [3.8, 4) is 33.4 Å². The van der Waals surface area contributed by atoms with E-state index in [9.17, 15) is 0 Å². The molecule has 2 nitrogen and oxygen atoms in total. The first-order chi connectivity index (χ1) is 31.1. The van der Waals surface area contributed by atoms with E-state index in [1.807, 2.05) is 0 Å². The highest BCUT2D eigenvalue weighted by molar-refractivity contribution is 5.82. The van der Waals surface area contributed by atoms with Crippen LogP contribution in [0.25, 0.3) is 39.0 Å². The number of nitrogens with zero attached hydrogens (tertiary/aromatic N) is 2. The van der Waals surface area contributed by atoms with Crippen molar-refractivity contribution in [2.45, 2.75) is 25.7 Å². The monoisotopic (exact) mass is 810 g/mol. The Morgan fingerprint density at radius 1 is 0.365 bits per heavy atom. The summed E-state index contributed by atoms with van der Waals surface area (Å²) in [6.45, 7) is 2.29. The molecule has 304 valence electrons. The maximum atomic E-state index is 2.39. The molecule has 2 heteroatoms. The van der Waals surface area contributed by atoms with Crippen LogP contribution in [-0.4, -0.2) is 0 Å². The first-order valence-electron chi connectivity index (χ1n) is 22.2. The van der Waals surface area contributed by atoms with E-state index in [1.54, 1.807) is 0 Å². The molecule has 0 radical (unpaired) electrons. The van der Waals surface area contributed by atoms with E-state index >= 15 is 0 Å². The number of rotatable bonds is 11. The molecule has 63 heavy (non-hydrogen) atoms. The van der Waals surface area contributed by atoms with E-state index in [2.05, 4.69) is 266 Å². The minimum absolute atomic E-state index is 0.370. The maximum Gasteiger partial charge on any atom is 0.0462 e. The molecule has 2 atom stereocenters. The average Bonchev–Trinajstić information content (AvgIpc) is 3.36. The van der Waals surface area contributed by atoms with Crippen molar-refractivity contribution in [1.29, 1.82) is 0 Å². The molecule has 0 bridgehead atoms. The van der Waals surface area contributed by atoms with Crippen LogP contribution in [0.15, 0.2) is 254 Å². The Morgan fingerprint density at radius 3 is 1.14 bits per heavy atom. The van der Waals surface area contributed by atoms with E-state index in [4.69, 9.17) is 0 Å². The van der Waals surface area contributed by atoms with Crippen molar-refractivity contribution in [3.63, 3.8) is 0 Å². The minimum Gasteiger partial charge on any atom is -0.311 e. The van der Waals surface area contributed by atoms with Gasteiger partial charge in [-0.25, -0.2) is 0 Å². The number of hydrogen-bond donors (Lipinski definition) is 0. The van der Waals surface area contributed by atoms with Gasteiger partial charge in [-0.05, 0) is 136 Å². The summed E-state index contributed by atoms with van der Waals surface area (Å²) < 4.78 is 0. The number of allylic oxidation sites excluding steroid dienone is 7. The molecule has 0 heterocycles. The Bertz CT molecular complexity index is 2810. The van der Waals surface area contributed by atoms with Gasteiger partial charge in [-0.1, -0.05) is 189 Å². The smallest absolute Gasteiger partial charge is 0.0462 e. The van der Waals surface area contributed by atoms with Gasteiger partial charge in [0.2, 0.25) is 0 Å². The van der Waals surface area contributed by atoms with Crippen molar-refractivity contribution in [2.24, 2.45) is 5.92 Å². The van der Waals surface area contributed by atoms with E-state index in [0.717, 1.165) is 41.3 Å². The van der Waals surface area contributed by atoms with Gasteiger partial charge in [0.05, 0.1) is 0 Å². The zero-order chi connectivity index (χ0) is 42.4. The van der Waals surface area contributed by atoms with Gasteiger partial charge in [-0.3, -0.25) is 0 Å². The molecule has 0 N–H and O–H groups in total. The van der Waals surface area contributed by atoms with E-state index in [0.29, 0.717) is 11.8 Å². The van der Waals surface area contributed by atoms with Crippen LogP contribution in [-0.2, 0) is 0 Å². The summed E-state index contributed by atoms with van der Waals surface area (Å²) in [5, 5.41) is 0. The zero-order valence-electron chi connectivity index (χ0n) is 35.6. The third-order valence-corrected chi connectivity index (χ3v) is 12.3.